The molecule has 0 atom stereocenters. The van der Waals surface area contributed by atoms with E-state index >= 15 is 0 Å². The molecule has 41 heavy (non-hydrogen) atoms. The Morgan fingerprint density at radius 2 is 1.32 bits per heavy atom. The van der Waals surface area contributed by atoms with Crippen molar-refractivity contribution in [3.05, 3.63) is 132 Å². The maximum absolute atomic E-state index is 14.7. The molecule has 208 valence electrons. The summed E-state index contributed by atoms with van der Waals surface area (Å²) in [5.41, 5.74) is 3.44. The third-order valence-corrected chi connectivity index (χ3v) is 9.13. The van der Waals surface area contributed by atoms with Crippen molar-refractivity contribution in [2.24, 2.45) is 0 Å². The van der Waals surface area contributed by atoms with Crippen molar-refractivity contribution in [3.8, 4) is 11.5 Å². The van der Waals surface area contributed by atoms with E-state index in [-0.39, 0.29) is 33.3 Å². The van der Waals surface area contributed by atoms with Crippen molar-refractivity contribution in [2.45, 2.75) is 22.9 Å². The molecule has 4 aromatic carbocycles. The van der Waals surface area contributed by atoms with Crippen LogP contribution in [0.15, 0.2) is 124 Å². The lowest BCUT2D eigenvalue weighted by Gasteiger charge is -2.39. The van der Waals surface area contributed by atoms with Crippen LogP contribution in [-0.2, 0) is 9.84 Å². The SMILES string of the molecule is Cc1ccc(S(=O)(=O)c2nc(-c3ccccc3F)oc2N2CCN(C(c3ccccc3)c3ccccc3)CC2)cc1. The van der Waals surface area contributed by atoms with E-state index in [1.165, 1.54) is 23.3 Å². The maximum Gasteiger partial charge on any atom is 0.236 e. The monoisotopic (exact) mass is 567 g/mol. The highest BCUT2D eigenvalue weighted by molar-refractivity contribution is 7.91. The summed E-state index contributed by atoms with van der Waals surface area (Å²) in [7, 11) is -4.03. The van der Waals surface area contributed by atoms with Crippen LogP contribution in [0, 0.1) is 12.7 Å². The Balaban J connectivity index is 1.35. The molecular formula is C33H30FN3O3S. The van der Waals surface area contributed by atoms with Gasteiger partial charge in [-0.15, -0.1) is 0 Å². The summed E-state index contributed by atoms with van der Waals surface area (Å²) in [6.07, 6.45) is 0. The van der Waals surface area contributed by atoms with Gasteiger partial charge in [-0.25, -0.2) is 12.8 Å². The van der Waals surface area contributed by atoms with Gasteiger partial charge in [-0.05, 0) is 42.3 Å². The van der Waals surface area contributed by atoms with Gasteiger partial charge in [0.15, 0.2) is 0 Å². The third kappa shape index (κ3) is 5.40. The number of hydrogen-bond donors (Lipinski definition) is 0. The lowest BCUT2D eigenvalue weighted by molar-refractivity contribution is 0.209. The molecule has 0 N–H and O–H groups in total. The van der Waals surface area contributed by atoms with Gasteiger partial charge in [0.25, 0.3) is 0 Å². The number of piperazine rings is 1. The Bertz CT molecular complexity index is 1690. The van der Waals surface area contributed by atoms with E-state index in [2.05, 4.69) is 34.1 Å². The zero-order chi connectivity index (χ0) is 28.4. The minimum absolute atomic E-state index is 0.0546. The van der Waals surface area contributed by atoms with Gasteiger partial charge < -0.3 is 9.32 Å². The second-order valence-electron chi connectivity index (χ2n) is 10.2. The summed E-state index contributed by atoms with van der Waals surface area (Å²) in [5, 5.41) is -0.198. The van der Waals surface area contributed by atoms with Crippen LogP contribution >= 0.6 is 0 Å². The van der Waals surface area contributed by atoms with Gasteiger partial charge in [0.2, 0.25) is 26.6 Å². The highest BCUT2D eigenvalue weighted by Gasteiger charge is 2.34. The van der Waals surface area contributed by atoms with Gasteiger partial charge >= 0.3 is 0 Å². The number of anilines is 1. The summed E-state index contributed by atoms with van der Waals surface area (Å²) < 4.78 is 48.5. The summed E-state index contributed by atoms with van der Waals surface area (Å²) in [5.74, 6) is -0.449. The lowest BCUT2D eigenvalue weighted by Crippen LogP contribution is -2.48. The van der Waals surface area contributed by atoms with Crippen LogP contribution < -0.4 is 4.90 Å². The largest absolute Gasteiger partial charge is 0.419 e. The van der Waals surface area contributed by atoms with Crippen molar-refractivity contribution in [3.63, 3.8) is 0 Å². The molecule has 1 saturated heterocycles. The first-order valence-electron chi connectivity index (χ1n) is 13.6. The van der Waals surface area contributed by atoms with Crippen molar-refractivity contribution in [1.82, 2.24) is 9.88 Å². The van der Waals surface area contributed by atoms with E-state index in [0.717, 1.165) is 5.56 Å². The fraction of sp³-hybridized carbons (Fsp3) is 0.182. The van der Waals surface area contributed by atoms with Gasteiger partial charge in [-0.3, -0.25) is 4.90 Å². The molecule has 0 saturated carbocycles. The van der Waals surface area contributed by atoms with Crippen LogP contribution in [0.3, 0.4) is 0 Å². The van der Waals surface area contributed by atoms with E-state index < -0.39 is 15.7 Å². The minimum Gasteiger partial charge on any atom is -0.419 e. The van der Waals surface area contributed by atoms with Crippen LogP contribution in [-0.4, -0.2) is 44.5 Å². The smallest absolute Gasteiger partial charge is 0.236 e. The Labute approximate surface area is 239 Å². The van der Waals surface area contributed by atoms with Crippen molar-refractivity contribution in [2.75, 3.05) is 31.1 Å². The molecule has 5 aromatic rings. The molecule has 2 heterocycles. The van der Waals surface area contributed by atoms with Crippen molar-refractivity contribution < 1.29 is 17.2 Å². The second kappa shape index (κ2) is 11.3. The molecule has 0 aliphatic carbocycles. The van der Waals surface area contributed by atoms with E-state index in [1.54, 1.807) is 36.4 Å². The summed E-state index contributed by atoms with van der Waals surface area (Å²) >= 11 is 0. The fourth-order valence-corrected chi connectivity index (χ4v) is 6.64. The molecule has 8 heteroatoms. The average molecular weight is 568 g/mol. The number of sulfone groups is 1. The van der Waals surface area contributed by atoms with Crippen LogP contribution in [0.4, 0.5) is 10.3 Å². The third-order valence-electron chi connectivity index (χ3n) is 7.47. The predicted molar refractivity (Wildman–Crippen MR) is 157 cm³/mol. The van der Waals surface area contributed by atoms with E-state index in [9.17, 15) is 12.8 Å². The van der Waals surface area contributed by atoms with Crippen LogP contribution in [0.1, 0.15) is 22.7 Å². The van der Waals surface area contributed by atoms with Gasteiger partial charge in [-0.1, -0.05) is 90.5 Å². The normalized spacial score (nSPS) is 14.5. The second-order valence-corrected chi connectivity index (χ2v) is 12.0. The zero-order valence-corrected chi connectivity index (χ0v) is 23.5. The van der Waals surface area contributed by atoms with Crippen LogP contribution in [0.2, 0.25) is 0 Å². The quantitative estimate of drug-likeness (QED) is 0.223. The molecule has 0 bridgehead atoms. The Hall–Kier alpha value is -4.27. The average Bonchev–Trinajstić information content (AvgIpc) is 3.46. The van der Waals surface area contributed by atoms with E-state index in [0.29, 0.717) is 26.2 Å². The minimum atomic E-state index is -4.03. The number of oxazole rings is 1. The number of nitrogens with zero attached hydrogens (tertiary/aromatic N) is 3. The van der Waals surface area contributed by atoms with Gasteiger partial charge in [0, 0.05) is 26.2 Å². The highest BCUT2D eigenvalue weighted by Crippen LogP contribution is 2.37. The summed E-state index contributed by atoms with van der Waals surface area (Å²) in [6.45, 7) is 4.24. The number of halogens is 1. The number of rotatable bonds is 7. The molecule has 6 nitrogen and oxygen atoms in total. The lowest BCUT2D eigenvalue weighted by atomic mass is 9.96. The zero-order valence-electron chi connectivity index (χ0n) is 22.7. The number of hydrogen-bond acceptors (Lipinski definition) is 6. The molecule has 1 aromatic heterocycles. The van der Waals surface area contributed by atoms with E-state index in [1.807, 2.05) is 48.2 Å². The van der Waals surface area contributed by atoms with Crippen LogP contribution in [0.25, 0.3) is 11.5 Å². The van der Waals surface area contributed by atoms with Crippen molar-refractivity contribution >= 4 is 15.7 Å². The van der Waals surface area contributed by atoms with E-state index in [4.69, 9.17) is 4.42 Å². The Morgan fingerprint density at radius 3 is 1.90 bits per heavy atom. The first-order valence-corrected chi connectivity index (χ1v) is 15.1. The number of benzene rings is 4. The maximum atomic E-state index is 14.7. The molecule has 1 aliphatic rings. The van der Waals surface area contributed by atoms with Gasteiger partial charge in [0.1, 0.15) is 5.82 Å². The molecular weight excluding hydrogens is 537 g/mol. The van der Waals surface area contributed by atoms with Gasteiger partial charge in [0.05, 0.1) is 16.5 Å². The summed E-state index contributed by atoms with van der Waals surface area (Å²) in [4.78, 5) is 8.80. The molecule has 1 fully saturated rings. The molecule has 0 amide bonds. The van der Waals surface area contributed by atoms with Crippen molar-refractivity contribution in [1.29, 1.82) is 0 Å². The first kappa shape index (κ1) is 26.9. The molecule has 0 spiro atoms. The fourth-order valence-electron chi connectivity index (χ4n) is 5.32. The standard InChI is InChI=1S/C33H30FN3O3S/c1-24-16-18-27(19-17-24)41(38,39)32-33(40-31(35-32)28-14-8-9-15-29(28)34)37-22-20-36(21-23-37)30(25-10-4-2-5-11-25)26-12-6-3-7-13-26/h2-19,30H,20-23H2,1H3. The summed E-state index contributed by atoms with van der Waals surface area (Å²) in [6, 6.07) is 33.5. The van der Waals surface area contributed by atoms with Gasteiger partial charge in [-0.2, -0.15) is 4.98 Å². The molecule has 0 unspecified atom stereocenters. The molecule has 1 aliphatic heterocycles. The molecule has 0 radical (unpaired) electrons. The predicted octanol–water partition coefficient (Wildman–Crippen LogP) is 6.53. The highest BCUT2D eigenvalue weighted by atomic mass is 32.2. The Morgan fingerprint density at radius 1 is 0.756 bits per heavy atom. The Kier molecular flexibility index (Phi) is 7.43. The van der Waals surface area contributed by atoms with Crippen LogP contribution in [0.5, 0.6) is 0 Å². The number of aryl methyl sites for hydroxylation is 1. The topological polar surface area (TPSA) is 66.7 Å². The molecule has 6 rings (SSSR count). The number of aromatic nitrogens is 1. The first-order chi connectivity index (χ1) is 19.9.